The van der Waals surface area contributed by atoms with Crippen molar-refractivity contribution in [2.75, 3.05) is 30.5 Å². The Balaban J connectivity index is 1.50. The summed E-state index contributed by atoms with van der Waals surface area (Å²) in [5.41, 5.74) is 3.67. The Hall–Kier alpha value is -3.36. The summed E-state index contributed by atoms with van der Waals surface area (Å²) in [7, 11) is -3.99. The first kappa shape index (κ1) is 27.7. The van der Waals surface area contributed by atoms with E-state index in [1.165, 1.54) is 37.0 Å². The summed E-state index contributed by atoms with van der Waals surface area (Å²) >= 11 is 0. The summed E-state index contributed by atoms with van der Waals surface area (Å²) in [6.45, 7) is 7.35. The van der Waals surface area contributed by atoms with Crippen molar-refractivity contribution in [1.82, 2.24) is 10.2 Å². The Morgan fingerprint density at radius 1 is 0.921 bits per heavy atom. The van der Waals surface area contributed by atoms with Crippen molar-refractivity contribution < 1.29 is 17.9 Å². The predicted octanol–water partition coefficient (Wildman–Crippen LogP) is 4.89. The van der Waals surface area contributed by atoms with Crippen LogP contribution in [-0.4, -0.2) is 45.5 Å². The molecule has 8 heteroatoms. The highest BCUT2D eigenvalue weighted by molar-refractivity contribution is 7.92. The molecule has 1 saturated heterocycles. The van der Waals surface area contributed by atoms with Gasteiger partial charge in [-0.15, -0.1) is 0 Å². The topological polar surface area (TPSA) is 79.0 Å². The fourth-order valence-corrected chi connectivity index (χ4v) is 6.07. The maximum atomic E-state index is 13.7. The number of rotatable bonds is 11. The summed E-state index contributed by atoms with van der Waals surface area (Å²) < 4.78 is 34.0. The van der Waals surface area contributed by atoms with E-state index in [4.69, 9.17) is 4.74 Å². The minimum atomic E-state index is -3.99. The number of anilines is 1. The van der Waals surface area contributed by atoms with Gasteiger partial charge in [-0.1, -0.05) is 48.4 Å². The van der Waals surface area contributed by atoms with Gasteiger partial charge in [-0.3, -0.25) is 14.0 Å². The van der Waals surface area contributed by atoms with E-state index in [9.17, 15) is 13.2 Å². The van der Waals surface area contributed by atoms with E-state index >= 15 is 0 Å². The molecule has 1 aliphatic heterocycles. The van der Waals surface area contributed by atoms with Gasteiger partial charge in [0.2, 0.25) is 5.91 Å². The van der Waals surface area contributed by atoms with Gasteiger partial charge in [0.1, 0.15) is 12.3 Å². The molecule has 0 bridgehead atoms. The summed E-state index contributed by atoms with van der Waals surface area (Å²) in [6.07, 6.45) is 3.72. The van der Waals surface area contributed by atoms with Gasteiger partial charge < -0.3 is 10.1 Å². The van der Waals surface area contributed by atoms with Crippen LogP contribution in [0.5, 0.6) is 5.75 Å². The van der Waals surface area contributed by atoms with E-state index in [2.05, 4.69) is 16.3 Å². The number of piperidine rings is 1. The highest BCUT2D eigenvalue weighted by Gasteiger charge is 2.27. The number of sulfonamides is 1. The zero-order valence-corrected chi connectivity index (χ0v) is 23.0. The van der Waals surface area contributed by atoms with Gasteiger partial charge in [0, 0.05) is 13.1 Å². The van der Waals surface area contributed by atoms with Crippen molar-refractivity contribution in [2.24, 2.45) is 0 Å². The number of hydrogen-bond donors (Lipinski definition) is 1. The average Bonchev–Trinajstić information content (AvgIpc) is 2.93. The molecule has 1 fully saturated rings. The molecule has 38 heavy (non-hydrogen) atoms. The number of nitrogens with zero attached hydrogens (tertiary/aromatic N) is 2. The number of ether oxygens (including phenoxy) is 1. The number of amides is 1. The fourth-order valence-electron chi connectivity index (χ4n) is 4.65. The molecule has 7 nitrogen and oxygen atoms in total. The minimum Gasteiger partial charge on any atom is -0.494 e. The smallest absolute Gasteiger partial charge is 0.264 e. The highest BCUT2D eigenvalue weighted by atomic mass is 32.2. The van der Waals surface area contributed by atoms with Crippen LogP contribution in [-0.2, 0) is 27.9 Å². The first-order valence-corrected chi connectivity index (χ1v) is 14.7. The lowest BCUT2D eigenvalue weighted by Gasteiger charge is -2.27. The van der Waals surface area contributed by atoms with Crippen LogP contribution in [0.1, 0.15) is 42.9 Å². The molecule has 0 atom stereocenters. The Morgan fingerprint density at radius 2 is 1.58 bits per heavy atom. The molecule has 0 spiro atoms. The first-order valence-electron chi connectivity index (χ1n) is 13.2. The predicted molar refractivity (Wildman–Crippen MR) is 151 cm³/mol. The fraction of sp³-hybridized carbons (Fsp3) is 0.367. The standard InChI is InChI=1S/C30H37N3O4S/c1-3-37-28-15-17-29(18-16-28)38(35,36)33(27-13-11-24(2)12-14-27)23-30(34)31-21-25-9-5-6-10-26(25)22-32-19-7-4-8-20-32/h5-6,9-18H,3-4,7-8,19-23H2,1-2H3,(H,31,34). The molecular weight excluding hydrogens is 498 g/mol. The molecule has 0 aromatic heterocycles. The van der Waals surface area contributed by atoms with Gasteiger partial charge >= 0.3 is 0 Å². The summed E-state index contributed by atoms with van der Waals surface area (Å²) in [5.74, 6) is 0.224. The zero-order chi connectivity index (χ0) is 27.0. The summed E-state index contributed by atoms with van der Waals surface area (Å²) in [4.78, 5) is 15.7. The largest absolute Gasteiger partial charge is 0.494 e. The van der Waals surface area contributed by atoms with E-state index in [1.54, 1.807) is 24.3 Å². The van der Waals surface area contributed by atoms with Gasteiger partial charge in [0.05, 0.1) is 17.2 Å². The molecule has 1 N–H and O–H groups in total. The van der Waals surface area contributed by atoms with E-state index in [1.807, 2.05) is 44.2 Å². The Kier molecular flexibility index (Phi) is 9.42. The lowest BCUT2D eigenvalue weighted by Crippen LogP contribution is -2.40. The second kappa shape index (κ2) is 12.9. The minimum absolute atomic E-state index is 0.0983. The van der Waals surface area contributed by atoms with Crippen LogP contribution >= 0.6 is 0 Å². The van der Waals surface area contributed by atoms with Crippen molar-refractivity contribution in [2.45, 2.75) is 51.1 Å². The Labute approximate surface area is 226 Å². The average molecular weight is 536 g/mol. The van der Waals surface area contributed by atoms with Crippen LogP contribution in [0.3, 0.4) is 0 Å². The van der Waals surface area contributed by atoms with E-state index in [0.29, 0.717) is 24.6 Å². The lowest BCUT2D eigenvalue weighted by molar-refractivity contribution is -0.119. The van der Waals surface area contributed by atoms with Crippen LogP contribution in [0.25, 0.3) is 0 Å². The third kappa shape index (κ3) is 7.14. The van der Waals surface area contributed by atoms with E-state index in [0.717, 1.165) is 35.1 Å². The van der Waals surface area contributed by atoms with Crippen molar-refractivity contribution in [3.63, 3.8) is 0 Å². The molecule has 1 amide bonds. The molecule has 4 rings (SSSR count). The second-order valence-electron chi connectivity index (χ2n) is 9.63. The number of hydrogen-bond acceptors (Lipinski definition) is 5. The highest BCUT2D eigenvalue weighted by Crippen LogP contribution is 2.25. The number of benzene rings is 3. The monoisotopic (exact) mass is 535 g/mol. The molecule has 0 saturated carbocycles. The molecule has 3 aromatic rings. The van der Waals surface area contributed by atoms with Gasteiger partial charge in [0.25, 0.3) is 10.0 Å². The lowest BCUT2D eigenvalue weighted by atomic mass is 10.0. The molecule has 0 aliphatic carbocycles. The number of aryl methyl sites for hydroxylation is 1. The first-order chi connectivity index (χ1) is 18.4. The SMILES string of the molecule is CCOc1ccc(S(=O)(=O)N(CC(=O)NCc2ccccc2CN2CCCCC2)c2ccc(C)cc2)cc1. The van der Waals surface area contributed by atoms with Crippen molar-refractivity contribution >= 4 is 21.6 Å². The van der Waals surface area contributed by atoms with Gasteiger partial charge in [0.15, 0.2) is 0 Å². The van der Waals surface area contributed by atoms with Crippen molar-refractivity contribution in [3.05, 3.63) is 89.5 Å². The number of nitrogens with one attached hydrogen (secondary N) is 1. The maximum Gasteiger partial charge on any atom is 0.264 e. The Morgan fingerprint density at radius 3 is 2.24 bits per heavy atom. The van der Waals surface area contributed by atoms with Crippen LogP contribution in [0.4, 0.5) is 5.69 Å². The van der Waals surface area contributed by atoms with Crippen LogP contribution < -0.4 is 14.4 Å². The molecule has 3 aromatic carbocycles. The van der Waals surface area contributed by atoms with Crippen molar-refractivity contribution in [1.29, 1.82) is 0 Å². The zero-order valence-electron chi connectivity index (χ0n) is 22.2. The van der Waals surface area contributed by atoms with E-state index < -0.39 is 10.0 Å². The maximum absolute atomic E-state index is 13.7. The quantitative estimate of drug-likeness (QED) is 0.378. The Bertz CT molecular complexity index is 1300. The van der Waals surface area contributed by atoms with Gasteiger partial charge in [-0.05, 0) is 87.3 Å². The van der Waals surface area contributed by atoms with Gasteiger partial charge in [-0.25, -0.2) is 8.42 Å². The molecular formula is C30H37N3O4S. The van der Waals surface area contributed by atoms with Gasteiger partial charge in [-0.2, -0.15) is 0 Å². The third-order valence-corrected chi connectivity index (χ3v) is 8.56. The molecule has 1 heterocycles. The number of carbonyl (C=O) groups is 1. The van der Waals surface area contributed by atoms with Crippen LogP contribution in [0.15, 0.2) is 77.7 Å². The van der Waals surface area contributed by atoms with E-state index in [-0.39, 0.29) is 17.3 Å². The third-order valence-electron chi connectivity index (χ3n) is 6.77. The molecule has 202 valence electrons. The molecule has 0 unspecified atom stereocenters. The molecule has 1 aliphatic rings. The number of likely N-dealkylation sites (tertiary alicyclic amines) is 1. The number of carbonyl (C=O) groups excluding carboxylic acids is 1. The van der Waals surface area contributed by atoms with Crippen molar-refractivity contribution in [3.8, 4) is 5.75 Å². The summed E-state index contributed by atoms with van der Waals surface area (Å²) in [6, 6.07) is 21.5. The molecule has 0 radical (unpaired) electrons. The second-order valence-corrected chi connectivity index (χ2v) is 11.5. The van der Waals surface area contributed by atoms with Crippen LogP contribution in [0.2, 0.25) is 0 Å². The van der Waals surface area contributed by atoms with Crippen LogP contribution in [0, 0.1) is 6.92 Å². The summed E-state index contributed by atoms with van der Waals surface area (Å²) in [5, 5.41) is 2.95. The normalized spacial score (nSPS) is 14.2.